The summed E-state index contributed by atoms with van der Waals surface area (Å²) < 4.78 is 0. The van der Waals surface area contributed by atoms with Gasteiger partial charge in [-0.2, -0.15) is 0 Å². The minimum Gasteiger partial charge on any atom is -0.481 e. The van der Waals surface area contributed by atoms with Gasteiger partial charge in [-0.15, -0.1) is 0 Å². The van der Waals surface area contributed by atoms with Crippen molar-refractivity contribution in [3.8, 4) is 0 Å². The third-order valence-electron chi connectivity index (χ3n) is 3.76. The normalized spacial score (nSPS) is 25.9. The largest absolute Gasteiger partial charge is 0.481 e. The highest BCUT2D eigenvalue weighted by Gasteiger charge is 2.46. The molecule has 0 bridgehead atoms. The van der Waals surface area contributed by atoms with Gasteiger partial charge < -0.3 is 21.1 Å². The second-order valence-corrected chi connectivity index (χ2v) is 5.10. The lowest BCUT2D eigenvalue weighted by Gasteiger charge is -2.30. The predicted octanol–water partition coefficient (Wildman–Crippen LogP) is 0.147. The molecule has 19 heavy (non-hydrogen) atoms. The number of hydrogen-bond donors (Lipinski definition) is 3. The van der Waals surface area contributed by atoms with Gasteiger partial charge in [-0.3, -0.25) is 9.59 Å². The Balaban J connectivity index is 2.70. The maximum absolute atomic E-state index is 12.0. The molecule has 0 spiro atoms. The molecule has 1 rings (SSSR count). The Morgan fingerprint density at radius 1 is 1.47 bits per heavy atom. The topological polar surface area (TPSA) is 113 Å². The third-order valence-corrected chi connectivity index (χ3v) is 3.76. The Kier molecular flexibility index (Phi) is 4.74. The van der Waals surface area contributed by atoms with Crippen LogP contribution in [0.4, 0.5) is 4.79 Å². The van der Waals surface area contributed by atoms with Crippen molar-refractivity contribution in [2.45, 2.75) is 39.2 Å². The highest BCUT2D eigenvalue weighted by atomic mass is 16.4. The van der Waals surface area contributed by atoms with Crippen LogP contribution in [0.2, 0.25) is 0 Å². The van der Waals surface area contributed by atoms with E-state index in [2.05, 4.69) is 5.32 Å². The molecular formula is C12H21N3O4. The van der Waals surface area contributed by atoms with E-state index in [-0.39, 0.29) is 6.54 Å². The number of amides is 3. The number of likely N-dealkylation sites (N-methyl/N-ethyl adjacent to an activating group) is 1. The fourth-order valence-corrected chi connectivity index (χ4v) is 2.41. The van der Waals surface area contributed by atoms with Crippen molar-refractivity contribution in [2.75, 3.05) is 13.1 Å². The molecule has 7 nitrogen and oxygen atoms in total. The second kappa shape index (κ2) is 5.90. The molecule has 2 unspecified atom stereocenters. The van der Waals surface area contributed by atoms with E-state index in [1.54, 1.807) is 13.8 Å². The van der Waals surface area contributed by atoms with E-state index in [0.29, 0.717) is 19.4 Å². The molecule has 2 atom stereocenters. The summed E-state index contributed by atoms with van der Waals surface area (Å²) in [5.41, 5.74) is 4.12. The number of carbonyl (C=O) groups excluding carboxylic acids is 2. The van der Waals surface area contributed by atoms with Crippen LogP contribution in [0.5, 0.6) is 0 Å². The van der Waals surface area contributed by atoms with Gasteiger partial charge in [0.2, 0.25) is 5.91 Å². The summed E-state index contributed by atoms with van der Waals surface area (Å²) in [5, 5.41) is 12.0. The number of primary amides is 1. The maximum Gasteiger partial charge on any atom is 0.318 e. The number of carboxylic acids is 1. The van der Waals surface area contributed by atoms with Crippen LogP contribution in [0.3, 0.4) is 0 Å². The Hall–Kier alpha value is -1.79. The molecule has 1 aliphatic carbocycles. The van der Waals surface area contributed by atoms with E-state index in [1.807, 2.05) is 0 Å². The molecule has 0 aromatic carbocycles. The molecule has 0 heterocycles. The monoisotopic (exact) mass is 271 g/mol. The highest BCUT2D eigenvalue weighted by molar-refractivity contribution is 5.84. The number of urea groups is 1. The van der Waals surface area contributed by atoms with Crippen molar-refractivity contribution in [1.82, 2.24) is 10.2 Å². The molecule has 1 aliphatic rings. The van der Waals surface area contributed by atoms with E-state index < -0.39 is 29.4 Å². The van der Waals surface area contributed by atoms with Crippen LogP contribution in [0, 0.1) is 5.41 Å². The number of rotatable bonds is 5. The summed E-state index contributed by atoms with van der Waals surface area (Å²) >= 11 is 0. The standard InChI is InChI=1S/C12H21N3O4/c1-3-15(7-9(13)16)11(19)14-8-5-4-6-12(8,2)10(17)18/h8H,3-7H2,1-2H3,(H2,13,16)(H,14,19)(H,17,18). The quantitative estimate of drug-likeness (QED) is 0.660. The van der Waals surface area contributed by atoms with Gasteiger partial charge in [0.25, 0.3) is 0 Å². The number of carboxylic acid groups (broad SMARTS) is 1. The van der Waals surface area contributed by atoms with Crippen molar-refractivity contribution in [1.29, 1.82) is 0 Å². The van der Waals surface area contributed by atoms with Gasteiger partial charge >= 0.3 is 12.0 Å². The van der Waals surface area contributed by atoms with Gasteiger partial charge in [0.15, 0.2) is 0 Å². The van der Waals surface area contributed by atoms with Crippen LogP contribution in [0.1, 0.15) is 33.1 Å². The molecular weight excluding hydrogens is 250 g/mol. The zero-order valence-corrected chi connectivity index (χ0v) is 11.3. The Morgan fingerprint density at radius 3 is 2.58 bits per heavy atom. The SMILES string of the molecule is CCN(CC(N)=O)C(=O)NC1CCCC1(C)C(=O)O. The van der Waals surface area contributed by atoms with Crippen molar-refractivity contribution in [2.24, 2.45) is 11.1 Å². The van der Waals surface area contributed by atoms with Gasteiger partial charge in [-0.1, -0.05) is 6.42 Å². The molecule has 1 fully saturated rings. The number of hydrogen-bond acceptors (Lipinski definition) is 3. The maximum atomic E-state index is 12.0. The number of nitrogens with zero attached hydrogens (tertiary/aromatic N) is 1. The van der Waals surface area contributed by atoms with Gasteiger partial charge in [0.1, 0.15) is 6.54 Å². The highest BCUT2D eigenvalue weighted by Crippen LogP contribution is 2.38. The van der Waals surface area contributed by atoms with Gasteiger partial charge in [-0.25, -0.2) is 4.79 Å². The average Bonchev–Trinajstić information content (AvgIpc) is 2.69. The summed E-state index contributed by atoms with van der Waals surface area (Å²) in [7, 11) is 0. The van der Waals surface area contributed by atoms with Gasteiger partial charge in [0, 0.05) is 12.6 Å². The summed E-state index contributed by atoms with van der Waals surface area (Å²) in [6.45, 7) is 3.54. The van der Waals surface area contributed by atoms with Crippen molar-refractivity contribution >= 4 is 17.9 Å². The number of aliphatic carboxylic acids is 1. The van der Waals surface area contributed by atoms with Crippen molar-refractivity contribution in [3.05, 3.63) is 0 Å². The summed E-state index contributed by atoms with van der Waals surface area (Å²) in [4.78, 5) is 35.4. The molecule has 0 saturated heterocycles. The van der Waals surface area contributed by atoms with Gasteiger partial charge in [0.05, 0.1) is 5.41 Å². The Morgan fingerprint density at radius 2 is 2.11 bits per heavy atom. The summed E-state index contributed by atoms with van der Waals surface area (Å²) in [6.07, 6.45) is 1.92. The first-order chi connectivity index (χ1) is 8.81. The van der Waals surface area contributed by atoms with E-state index in [0.717, 1.165) is 6.42 Å². The zero-order chi connectivity index (χ0) is 14.6. The molecule has 0 aliphatic heterocycles. The second-order valence-electron chi connectivity index (χ2n) is 5.10. The number of nitrogens with one attached hydrogen (secondary N) is 1. The predicted molar refractivity (Wildman–Crippen MR) is 68.4 cm³/mol. The molecule has 0 aromatic rings. The van der Waals surface area contributed by atoms with Gasteiger partial charge in [-0.05, 0) is 26.7 Å². The van der Waals surface area contributed by atoms with Crippen LogP contribution < -0.4 is 11.1 Å². The minimum atomic E-state index is -0.943. The first-order valence-corrected chi connectivity index (χ1v) is 6.38. The van der Waals surface area contributed by atoms with Crippen LogP contribution in [-0.4, -0.2) is 47.0 Å². The average molecular weight is 271 g/mol. The molecule has 108 valence electrons. The van der Waals surface area contributed by atoms with E-state index >= 15 is 0 Å². The van der Waals surface area contributed by atoms with Crippen LogP contribution in [-0.2, 0) is 9.59 Å². The fraction of sp³-hybridized carbons (Fsp3) is 0.750. The smallest absolute Gasteiger partial charge is 0.318 e. The van der Waals surface area contributed by atoms with Crippen LogP contribution in [0.15, 0.2) is 0 Å². The first-order valence-electron chi connectivity index (χ1n) is 6.38. The van der Waals surface area contributed by atoms with Crippen molar-refractivity contribution in [3.63, 3.8) is 0 Å². The van der Waals surface area contributed by atoms with E-state index in [1.165, 1.54) is 4.90 Å². The van der Waals surface area contributed by atoms with E-state index in [4.69, 9.17) is 5.73 Å². The van der Waals surface area contributed by atoms with Crippen LogP contribution >= 0.6 is 0 Å². The number of nitrogens with two attached hydrogens (primary N) is 1. The molecule has 7 heteroatoms. The minimum absolute atomic E-state index is 0.168. The molecule has 0 radical (unpaired) electrons. The number of carbonyl (C=O) groups is 3. The fourth-order valence-electron chi connectivity index (χ4n) is 2.41. The lowest BCUT2D eigenvalue weighted by atomic mass is 9.85. The molecule has 4 N–H and O–H groups in total. The van der Waals surface area contributed by atoms with Crippen molar-refractivity contribution < 1.29 is 19.5 Å². The van der Waals surface area contributed by atoms with E-state index in [9.17, 15) is 19.5 Å². The molecule has 1 saturated carbocycles. The summed E-state index contributed by atoms with van der Waals surface area (Å²) in [6, 6.07) is -0.861. The molecule has 0 aromatic heterocycles. The van der Waals surface area contributed by atoms with Crippen LogP contribution in [0.25, 0.3) is 0 Å². The Bertz CT molecular complexity index is 385. The third kappa shape index (κ3) is 3.36. The zero-order valence-electron chi connectivity index (χ0n) is 11.3. The Labute approximate surface area is 112 Å². The summed E-state index contributed by atoms with van der Waals surface area (Å²) in [5.74, 6) is -1.50. The lowest BCUT2D eigenvalue weighted by Crippen LogP contribution is -2.52. The molecule has 3 amide bonds. The first kappa shape index (κ1) is 15.3. The lowest BCUT2D eigenvalue weighted by molar-refractivity contribution is -0.148.